The van der Waals surface area contributed by atoms with Crippen LogP contribution < -0.4 is 0 Å². The van der Waals surface area contributed by atoms with Gasteiger partial charge in [-0.2, -0.15) is 0 Å². The maximum Gasteiger partial charge on any atom is 0.160 e. The molecule has 0 radical (unpaired) electrons. The van der Waals surface area contributed by atoms with Gasteiger partial charge < -0.3 is 0 Å². The van der Waals surface area contributed by atoms with Crippen LogP contribution in [-0.4, -0.2) is 9.97 Å². The Labute approximate surface area is 172 Å². The van der Waals surface area contributed by atoms with Crippen LogP contribution in [-0.2, 0) is 0 Å². The molecule has 6 aromatic rings. The van der Waals surface area contributed by atoms with Gasteiger partial charge in [0.25, 0.3) is 0 Å². The lowest BCUT2D eigenvalue weighted by Crippen LogP contribution is -1.93. The molecular weight excluding hydrogens is 372 g/mol. The van der Waals surface area contributed by atoms with Crippen molar-refractivity contribution in [2.45, 2.75) is 0 Å². The molecule has 4 aromatic carbocycles. The van der Waals surface area contributed by atoms with E-state index in [2.05, 4.69) is 72.8 Å². The molecule has 0 saturated heterocycles. The Hall–Kier alpha value is -3.56. The smallest absolute Gasteiger partial charge is 0.160 e. The summed E-state index contributed by atoms with van der Waals surface area (Å²) in [5.74, 6) is 0.768. The van der Waals surface area contributed by atoms with Crippen molar-refractivity contribution >= 4 is 42.4 Å². The summed E-state index contributed by atoms with van der Waals surface area (Å²) in [6, 6.07) is 33.6. The average Bonchev–Trinajstić information content (AvgIpc) is 3.19. The number of aromatic nitrogens is 2. The molecule has 0 aliphatic rings. The number of nitrogens with zero attached hydrogens (tertiary/aromatic N) is 2. The van der Waals surface area contributed by atoms with Gasteiger partial charge in [-0.25, -0.2) is 9.97 Å². The van der Waals surface area contributed by atoms with Gasteiger partial charge in [-0.05, 0) is 16.8 Å². The van der Waals surface area contributed by atoms with Gasteiger partial charge in [-0.3, -0.25) is 0 Å². The lowest BCUT2D eigenvalue weighted by atomic mass is 10.0. The van der Waals surface area contributed by atoms with Gasteiger partial charge in [-0.1, -0.05) is 91.0 Å². The fraction of sp³-hybridized carbons (Fsp3) is 0. The predicted octanol–water partition coefficient (Wildman–Crippen LogP) is 7.33. The highest BCUT2D eigenvalue weighted by Gasteiger charge is 2.17. The zero-order chi connectivity index (χ0) is 19.2. The summed E-state index contributed by atoms with van der Waals surface area (Å²) in [6.45, 7) is 0. The zero-order valence-corrected chi connectivity index (χ0v) is 16.4. The van der Waals surface area contributed by atoms with E-state index in [0.717, 1.165) is 32.9 Å². The van der Waals surface area contributed by atoms with Crippen LogP contribution >= 0.6 is 11.3 Å². The van der Waals surface area contributed by atoms with Crippen molar-refractivity contribution < 1.29 is 0 Å². The van der Waals surface area contributed by atoms with E-state index < -0.39 is 0 Å². The number of hydrogen-bond donors (Lipinski definition) is 0. The molecule has 0 fully saturated rings. The molecule has 0 N–H and O–H groups in total. The van der Waals surface area contributed by atoms with Crippen molar-refractivity contribution in [2.75, 3.05) is 0 Å². The lowest BCUT2D eigenvalue weighted by molar-refractivity contribution is 1.24. The molecule has 2 nitrogen and oxygen atoms in total. The van der Waals surface area contributed by atoms with E-state index in [4.69, 9.17) is 9.97 Å². The van der Waals surface area contributed by atoms with Gasteiger partial charge in [0.2, 0.25) is 0 Å². The second-order valence-corrected chi connectivity index (χ2v) is 8.12. The minimum atomic E-state index is 0.768. The first-order chi connectivity index (χ1) is 14.4. The molecule has 0 spiro atoms. The Kier molecular flexibility index (Phi) is 3.68. The Morgan fingerprint density at radius 3 is 2.07 bits per heavy atom. The van der Waals surface area contributed by atoms with Crippen LogP contribution in [0.5, 0.6) is 0 Å². The predicted molar refractivity (Wildman–Crippen MR) is 123 cm³/mol. The van der Waals surface area contributed by atoms with Crippen molar-refractivity contribution in [3.8, 4) is 22.6 Å². The van der Waals surface area contributed by atoms with E-state index in [0.29, 0.717) is 0 Å². The molecule has 2 heterocycles. The zero-order valence-electron chi connectivity index (χ0n) is 15.5. The normalized spacial score (nSPS) is 11.4. The molecule has 136 valence electrons. The third-order valence-corrected chi connectivity index (χ3v) is 6.44. The summed E-state index contributed by atoms with van der Waals surface area (Å²) in [5, 5.41) is 3.70. The quantitative estimate of drug-likeness (QED) is 0.310. The standard InChI is InChI=1S/C26H16N2S/c1-3-10-18(11-4-1)23-25-24(28-26(27-23)19-12-5-2-6-13-19)22-20-14-8-7-9-17(20)15-16-21(22)29-25/h1-16H. The van der Waals surface area contributed by atoms with Gasteiger partial charge in [-0.15, -0.1) is 11.3 Å². The Morgan fingerprint density at radius 2 is 1.28 bits per heavy atom. The van der Waals surface area contributed by atoms with E-state index in [9.17, 15) is 0 Å². The molecule has 0 amide bonds. The fourth-order valence-corrected chi connectivity index (χ4v) is 5.08. The first-order valence-corrected chi connectivity index (χ1v) is 10.4. The Balaban J connectivity index is 1.79. The summed E-state index contributed by atoms with van der Waals surface area (Å²) >= 11 is 1.78. The van der Waals surface area contributed by atoms with Crippen molar-refractivity contribution in [1.29, 1.82) is 0 Å². The second-order valence-electron chi connectivity index (χ2n) is 7.07. The molecule has 2 aromatic heterocycles. The van der Waals surface area contributed by atoms with Gasteiger partial charge >= 0.3 is 0 Å². The molecule has 0 unspecified atom stereocenters. The SMILES string of the molecule is c1ccc(-c2nc(-c3ccccc3)c3sc4ccc5ccccc5c4c3n2)cc1. The lowest BCUT2D eigenvalue weighted by Gasteiger charge is -2.07. The molecule has 6 rings (SSSR count). The van der Waals surface area contributed by atoms with Gasteiger partial charge in [0, 0.05) is 21.2 Å². The van der Waals surface area contributed by atoms with Crippen molar-refractivity contribution in [1.82, 2.24) is 9.97 Å². The molecule has 0 bridgehead atoms. The minimum absolute atomic E-state index is 0.768. The number of thiophene rings is 1. The first kappa shape index (κ1) is 16.4. The molecule has 29 heavy (non-hydrogen) atoms. The summed E-state index contributed by atoms with van der Waals surface area (Å²) in [7, 11) is 0. The third kappa shape index (κ3) is 2.63. The van der Waals surface area contributed by atoms with Crippen LogP contribution in [0.15, 0.2) is 97.1 Å². The fourth-order valence-electron chi connectivity index (χ4n) is 3.92. The Morgan fingerprint density at radius 1 is 0.586 bits per heavy atom. The van der Waals surface area contributed by atoms with Crippen LogP contribution in [0.2, 0.25) is 0 Å². The largest absolute Gasteiger partial charge is 0.226 e. The molecule has 3 heteroatoms. The van der Waals surface area contributed by atoms with Crippen molar-refractivity contribution in [3.05, 3.63) is 97.1 Å². The molecule has 0 aliphatic heterocycles. The number of fused-ring (bicyclic) bond motifs is 5. The summed E-state index contributed by atoms with van der Waals surface area (Å²) in [5.41, 5.74) is 4.19. The number of benzene rings is 4. The van der Waals surface area contributed by atoms with Crippen LogP contribution in [0.4, 0.5) is 0 Å². The number of hydrogen-bond acceptors (Lipinski definition) is 3. The van der Waals surface area contributed by atoms with E-state index in [-0.39, 0.29) is 0 Å². The maximum absolute atomic E-state index is 5.07. The first-order valence-electron chi connectivity index (χ1n) is 9.61. The molecular formula is C26H16N2S. The van der Waals surface area contributed by atoms with Gasteiger partial charge in [0.05, 0.1) is 15.9 Å². The van der Waals surface area contributed by atoms with Crippen LogP contribution in [0.25, 0.3) is 53.7 Å². The topological polar surface area (TPSA) is 25.8 Å². The molecule has 0 atom stereocenters. The van der Waals surface area contributed by atoms with E-state index >= 15 is 0 Å². The van der Waals surface area contributed by atoms with Gasteiger partial charge in [0.1, 0.15) is 0 Å². The van der Waals surface area contributed by atoms with Crippen molar-refractivity contribution in [3.63, 3.8) is 0 Å². The highest BCUT2D eigenvalue weighted by atomic mass is 32.1. The van der Waals surface area contributed by atoms with E-state index in [1.807, 2.05) is 24.3 Å². The summed E-state index contributed by atoms with van der Waals surface area (Å²) in [6.07, 6.45) is 0. The molecule has 0 aliphatic carbocycles. The van der Waals surface area contributed by atoms with Crippen LogP contribution in [0.3, 0.4) is 0 Å². The average molecular weight is 388 g/mol. The number of rotatable bonds is 2. The Bertz CT molecular complexity index is 1490. The minimum Gasteiger partial charge on any atom is -0.226 e. The third-order valence-electron chi connectivity index (χ3n) is 5.28. The maximum atomic E-state index is 5.07. The monoisotopic (exact) mass is 388 g/mol. The van der Waals surface area contributed by atoms with Crippen LogP contribution in [0, 0.1) is 0 Å². The highest BCUT2D eigenvalue weighted by Crippen LogP contribution is 2.42. The van der Waals surface area contributed by atoms with Crippen molar-refractivity contribution in [2.24, 2.45) is 0 Å². The molecule has 0 saturated carbocycles. The highest BCUT2D eigenvalue weighted by molar-refractivity contribution is 7.26. The summed E-state index contributed by atoms with van der Waals surface area (Å²) in [4.78, 5) is 10.1. The van der Waals surface area contributed by atoms with E-state index in [1.54, 1.807) is 11.3 Å². The van der Waals surface area contributed by atoms with E-state index in [1.165, 1.54) is 20.9 Å². The van der Waals surface area contributed by atoms with Gasteiger partial charge in [0.15, 0.2) is 5.82 Å². The second kappa shape index (κ2) is 6.50. The van der Waals surface area contributed by atoms with Crippen LogP contribution in [0.1, 0.15) is 0 Å². The summed E-state index contributed by atoms with van der Waals surface area (Å²) < 4.78 is 2.39.